The Morgan fingerprint density at radius 1 is 1.28 bits per heavy atom. The van der Waals surface area contributed by atoms with Crippen LogP contribution in [0.5, 0.6) is 0 Å². The van der Waals surface area contributed by atoms with Gasteiger partial charge in [0.05, 0.1) is 0 Å². The minimum atomic E-state index is 0.429. The summed E-state index contributed by atoms with van der Waals surface area (Å²) in [5.74, 6) is 0.754. The highest BCUT2D eigenvalue weighted by Crippen LogP contribution is 2.34. The molecule has 1 rings (SSSR count). The first kappa shape index (κ1) is 15.7. The van der Waals surface area contributed by atoms with E-state index in [9.17, 15) is 0 Å². The summed E-state index contributed by atoms with van der Waals surface area (Å²) in [4.78, 5) is 2.95. The minimum absolute atomic E-state index is 0.429. The fraction of sp³-hybridized carbons (Fsp3) is 0.750. The Balaban J connectivity index is 2.71. The van der Waals surface area contributed by atoms with Gasteiger partial charge in [0.25, 0.3) is 0 Å². The zero-order valence-electron chi connectivity index (χ0n) is 13.1. The van der Waals surface area contributed by atoms with Crippen molar-refractivity contribution in [3.8, 4) is 0 Å². The summed E-state index contributed by atoms with van der Waals surface area (Å²) in [5, 5.41) is 3.50. The van der Waals surface area contributed by atoms with Crippen molar-refractivity contribution >= 4 is 11.3 Å². The molecule has 2 atom stereocenters. The van der Waals surface area contributed by atoms with Crippen molar-refractivity contribution in [1.29, 1.82) is 0 Å². The van der Waals surface area contributed by atoms with Crippen molar-refractivity contribution in [3.05, 3.63) is 21.4 Å². The SMILES string of the molecule is CNC(CC(C)CC(C)(C)C)c1sc(C)cc1C. The van der Waals surface area contributed by atoms with Gasteiger partial charge in [-0.05, 0) is 56.7 Å². The van der Waals surface area contributed by atoms with Gasteiger partial charge in [0.1, 0.15) is 0 Å². The van der Waals surface area contributed by atoms with Gasteiger partial charge in [-0.2, -0.15) is 0 Å². The van der Waals surface area contributed by atoms with Gasteiger partial charge >= 0.3 is 0 Å². The van der Waals surface area contributed by atoms with Crippen LogP contribution in [0.1, 0.15) is 61.9 Å². The zero-order chi connectivity index (χ0) is 13.9. The maximum atomic E-state index is 3.50. The molecule has 0 aliphatic heterocycles. The highest BCUT2D eigenvalue weighted by atomic mass is 32.1. The monoisotopic (exact) mass is 267 g/mol. The molecule has 1 aromatic rings. The second-order valence-corrected chi connectivity index (χ2v) is 8.14. The first-order chi connectivity index (χ1) is 8.23. The molecule has 0 amide bonds. The molecule has 0 fully saturated rings. The van der Waals surface area contributed by atoms with Gasteiger partial charge in [-0.1, -0.05) is 27.7 Å². The molecule has 2 unspecified atom stereocenters. The van der Waals surface area contributed by atoms with Crippen LogP contribution in [0.4, 0.5) is 0 Å². The zero-order valence-corrected chi connectivity index (χ0v) is 13.9. The van der Waals surface area contributed by atoms with E-state index < -0.39 is 0 Å². The summed E-state index contributed by atoms with van der Waals surface area (Å²) in [5.41, 5.74) is 1.87. The summed E-state index contributed by atoms with van der Waals surface area (Å²) in [6.07, 6.45) is 2.52. The predicted octanol–water partition coefficient (Wildman–Crippen LogP) is 5.09. The highest BCUT2D eigenvalue weighted by Gasteiger charge is 2.21. The molecule has 1 heterocycles. The molecule has 0 saturated heterocycles. The van der Waals surface area contributed by atoms with Crippen LogP contribution in [0, 0.1) is 25.2 Å². The van der Waals surface area contributed by atoms with E-state index >= 15 is 0 Å². The first-order valence-electron chi connectivity index (χ1n) is 6.97. The Morgan fingerprint density at radius 3 is 2.28 bits per heavy atom. The third kappa shape index (κ3) is 4.74. The Hall–Kier alpha value is -0.340. The number of rotatable bonds is 5. The van der Waals surface area contributed by atoms with E-state index in [1.807, 2.05) is 11.3 Å². The lowest BCUT2D eigenvalue weighted by Crippen LogP contribution is -2.21. The number of hydrogen-bond acceptors (Lipinski definition) is 2. The van der Waals surface area contributed by atoms with Crippen LogP contribution >= 0.6 is 11.3 Å². The molecular formula is C16H29NS. The van der Waals surface area contributed by atoms with E-state index in [1.54, 1.807) is 0 Å². The summed E-state index contributed by atoms with van der Waals surface area (Å²) in [6.45, 7) is 13.8. The van der Waals surface area contributed by atoms with Gasteiger partial charge in [-0.3, -0.25) is 0 Å². The highest BCUT2D eigenvalue weighted by molar-refractivity contribution is 7.12. The fourth-order valence-corrected chi connectivity index (χ4v) is 4.05. The maximum absolute atomic E-state index is 3.50. The van der Waals surface area contributed by atoms with E-state index in [0.29, 0.717) is 11.5 Å². The predicted molar refractivity (Wildman–Crippen MR) is 83.4 cm³/mol. The normalized spacial score (nSPS) is 15.7. The lowest BCUT2D eigenvalue weighted by Gasteiger charge is -2.26. The van der Waals surface area contributed by atoms with E-state index in [1.165, 1.54) is 28.2 Å². The van der Waals surface area contributed by atoms with E-state index in [0.717, 1.165) is 5.92 Å². The molecule has 0 bridgehead atoms. The molecule has 0 aromatic carbocycles. The Bertz CT molecular complexity index is 373. The van der Waals surface area contributed by atoms with Crippen LogP contribution in [-0.2, 0) is 0 Å². The van der Waals surface area contributed by atoms with Gasteiger partial charge in [0.2, 0.25) is 0 Å². The second kappa shape index (κ2) is 6.21. The van der Waals surface area contributed by atoms with E-state index in [2.05, 4.69) is 60.0 Å². The van der Waals surface area contributed by atoms with Crippen LogP contribution in [0.2, 0.25) is 0 Å². The Labute approximate surface area is 117 Å². The van der Waals surface area contributed by atoms with Crippen LogP contribution in [-0.4, -0.2) is 7.05 Å². The number of aryl methyl sites for hydroxylation is 2. The third-order valence-corrected chi connectivity index (χ3v) is 4.61. The van der Waals surface area contributed by atoms with Crippen molar-refractivity contribution < 1.29 is 0 Å². The average Bonchev–Trinajstić information content (AvgIpc) is 2.51. The third-order valence-electron chi connectivity index (χ3n) is 3.34. The molecule has 0 saturated carbocycles. The molecule has 0 aliphatic carbocycles. The van der Waals surface area contributed by atoms with Gasteiger partial charge in [0.15, 0.2) is 0 Å². The maximum Gasteiger partial charge on any atom is 0.0417 e. The van der Waals surface area contributed by atoms with Gasteiger partial charge in [-0.15, -0.1) is 11.3 Å². The fourth-order valence-electron chi connectivity index (χ4n) is 2.89. The molecule has 0 spiro atoms. The van der Waals surface area contributed by atoms with Gasteiger partial charge in [0, 0.05) is 15.8 Å². The standard InChI is InChI=1S/C16H29NS/c1-11(10-16(4,5)6)8-14(17-7)15-12(2)9-13(3)18-15/h9,11,14,17H,8,10H2,1-7H3. The molecular weight excluding hydrogens is 238 g/mol. The van der Waals surface area contributed by atoms with Gasteiger partial charge in [-0.25, -0.2) is 0 Å². The van der Waals surface area contributed by atoms with Crippen molar-refractivity contribution in [2.24, 2.45) is 11.3 Å². The Morgan fingerprint density at radius 2 is 1.89 bits per heavy atom. The van der Waals surface area contributed by atoms with Crippen LogP contribution in [0.3, 0.4) is 0 Å². The summed E-state index contributed by atoms with van der Waals surface area (Å²) < 4.78 is 0. The molecule has 2 heteroatoms. The number of thiophene rings is 1. The molecule has 18 heavy (non-hydrogen) atoms. The molecule has 1 aromatic heterocycles. The minimum Gasteiger partial charge on any atom is -0.312 e. The van der Waals surface area contributed by atoms with Crippen LogP contribution < -0.4 is 5.32 Å². The van der Waals surface area contributed by atoms with Crippen molar-refractivity contribution in [2.75, 3.05) is 7.05 Å². The van der Waals surface area contributed by atoms with Crippen LogP contribution in [0.25, 0.3) is 0 Å². The molecule has 104 valence electrons. The largest absolute Gasteiger partial charge is 0.312 e. The number of nitrogens with one attached hydrogen (secondary N) is 1. The van der Waals surface area contributed by atoms with Crippen molar-refractivity contribution in [3.63, 3.8) is 0 Å². The lowest BCUT2D eigenvalue weighted by molar-refractivity contribution is 0.279. The average molecular weight is 267 g/mol. The smallest absolute Gasteiger partial charge is 0.0417 e. The van der Waals surface area contributed by atoms with E-state index in [4.69, 9.17) is 0 Å². The second-order valence-electron chi connectivity index (χ2n) is 6.85. The van der Waals surface area contributed by atoms with Crippen molar-refractivity contribution in [1.82, 2.24) is 5.32 Å². The first-order valence-corrected chi connectivity index (χ1v) is 7.79. The number of hydrogen-bond donors (Lipinski definition) is 1. The topological polar surface area (TPSA) is 12.0 Å². The molecule has 1 nitrogen and oxygen atoms in total. The lowest BCUT2D eigenvalue weighted by atomic mass is 9.82. The van der Waals surface area contributed by atoms with Crippen LogP contribution in [0.15, 0.2) is 6.07 Å². The quantitative estimate of drug-likeness (QED) is 0.783. The van der Waals surface area contributed by atoms with Gasteiger partial charge < -0.3 is 5.32 Å². The summed E-state index contributed by atoms with van der Waals surface area (Å²) in [7, 11) is 2.09. The van der Waals surface area contributed by atoms with Crippen molar-refractivity contribution in [2.45, 2.75) is 60.4 Å². The molecule has 1 N–H and O–H groups in total. The summed E-state index contributed by atoms with van der Waals surface area (Å²) in [6, 6.07) is 2.82. The molecule has 0 radical (unpaired) electrons. The summed E-state index contributed by atoms with van der Waals surface area (Å²) >= 11 is 1.94. The Kier molecular flexibility index (Phi) is 5.42. The van der Waals surface area contributed by atoms with E-state index in [-0.39, 0.29) is 0 Å². The molecule has 0 aliphatic rings.